The number of nitrogens with zero attached hydrogens (tertiary/aromatic N) is 1. The first-order chi connectivity index (χ1) is 25.3. The van der Waals surface area contributed by atoms with Gasteiger partial charge in [0.05, 0.1) is 16.5 Å². The normalized spacial score (nSPS) is 15.1. The molecule has 2 aliphatic carbocycles. The smallest absolute Gasteiger partial charge is 0.137 e. The molecule has 1 heterocycles. The van der Waals surface area contributed by atoms with E-state index in [4.69, 9.17) is 4.42 Å². The van der Waals surface area contributed by atoms with E-state index < -0.39 is 5.41 Å². The molecule has 2 heteroatoms. The summed E-state index contributed by atoms with van der Waals surface area (Å²) in [4.78, 5) is 2.41. The van der Waals surface area contributed by atoms with Crippen LogP contribution in [0.25, 0.3) is 55.3 Å². The average molecular weight is 650 g/mol. The van der Waals surface area contributed by atoms with Crippen molar-refractivity contribution in [3.05, 3.63) is 210 Å². The van der Waals surface area contributed by atoms with E-state index >= 15 is 0 Å². The highest BCUT2D eigenvalue weighted by molar-refractivity contribution is 6.13. The molecule has 11 rings (SSSR count). The summed E-state index contributed by atoms with van der Waals surface area (Å²) in [5.74, 6) is 0. The second-order valence-corrected chi connectivity index (χ2v) is 13.6. The van der Waals surface area contributed by atoms with Crippen LogP contribution >= 0.6 is 0 Å². The fraction of sp³-hybridized carbons (Fsp3) is 0.0204. The van der Waals surface area contributed by atoms with Crippen molar-refractivity contribution in [3.8, 4) is 33.4 Å². The predicted octanol–water partition coefficient (Wildman–Crippen LogP) is 13.1. The molecule has 9 aromatic rings. The maximum Gasteiger partial charge on any atom is 0.137 e. The maximum absolute atomic E-state index is 6.41. The van der Waals surface area contributed by atoms with E-state index in [-0.39, 0.29) is 0 Å². The first-order valence-electron chi connectivity index (χ1n) is 17.6. The first-order valence-corrected chi connectivity index (χ1v) is 17.6. The van der Waals surface area contributed by atoms with Gasteiger partial charge < -0.3 is 9.32 Å². The molecule has 0 amide bonds. The summed E-state index contributed by atoms with van der Waals surface area (Å²) in [6, 6.07) is 68.5. The molecule has 2 nitrogen and oxygen atoms in total. The molecule has 0 aliphatic heterocycles. The standard InChI is InChI=1S/C49H31NO/c1-3-14-32(15-4-1)33-26-28-38-36-18-7-10-21-41(36)49(43(38)30-33)42-22-11-8-19-37(42)39-29-27-35(31-44(39)49)50(34-16-5-2-6-17-34)45-23-13-25-47-48(45)40-20-9-12-24-46(40)51-47/h1-31H. The summed E-state index contributed by atoms with van der Waals surface area (Å²) >= 11 is 0. The predicted molar refractivity (Wildman–Crippen MR) is 210 cm³/mol. The lowest BCUT2D eigenvalue weighted by atomic mass is 9.70. The fourth-order valence-corrected chi connectivity index (χ4v) is 9.02. The molecule has 51 heavy (non-hydrogen) atoms. The Labute approximate surface area is 296 Å². The van der Waals surface area contributed by atoms with Gasteiger partial charge in [-0.05, 0) is 104 Å². The van der Waals surface area contributed by atoms with Gasteiger partial charge >= 0.3 is 0 Å². The Morgan fingerprint density at radius 1 is 0.373 bits per heavy atom. The molecule has 1 aromatic heterocycles. The quantitative estimate of drug-likeness (QED) is 0.189. The van der Waals surface area contributed by atoms with Crippen LogP contribution in [0.3, 0.4) is 0 Å². The van der Waals surface area contributed by atoms with Crippen molar-refractivity contribution in [1.29, 1.82) is 0 Å². The Morgan fingerprint density at radius 3 is 1.73 bits per heavy atom. The number of furan rings is 1. The van der Waals surface area contributed by atoms with Crippen LogP contribution in [0.2, 0.25) is 0 Å². The Hall–Kier alpha value is -6.64. The lowest BCUT2D eigenvalue weighted by molar-refractivity contribution is 0.669. The van der Waals surface area contributed by atoms with Crippen LogP contribution < -0.4 is 4.90 Å². The van der Waals surface area contributed by atoms with E-state index in [1.54, 1.807) is 0 Å². The molecule has 1 atom stereocenters. The van der Waals surface area contributed by atoms with E-state index in [1.165, 1.54) is 55.6 Å². The third kappa shape index (κ3) is 3.87. The van der Waals surface area contributed by atoms with Gasteiger partial charge in [0.25, 0.3) is 0 Å². The Bertz CT molecular complexity index is 2800. The Kier molecular flexibility index (Phi) is 5.91. The summed E-state index contributed by atoms with van der Waals surface area (Å²) in [6.07, 6.45) is 0. The van der Waals surface area contributed by atoms with Gasteiger partial charge in [-0.1, -0.05) is 140 Å². The molecule has 0 N–H and O–H groups in total. The second-order valence-electron chi connectivity index (χ2n) is 13.6. The highest BCUT2D eigenvalue weighted by Gasteiger charge is 2.52. The van der Waals surface area contributed by atoms with Gasteiger partial charge in [-0.15, -0.1) is 0 Å². The number of benzene rings is 8. The van der Waals surface area contributed by atoms with Crippen LogP contribution in [0.5, 0.6) is 0 Å². The van der Waals surface area contributed by atoms with Gasteiger partial charge in [-0.2, -0.15) is 0 Å². The van der Waals surface area contributed by atoms with Crippen LogP contribution in [-0.4, -0.2) is 0 Å². The van der Waals surface area contributed by atoms with Crippen molar-refractivity contribution in [3.63, 3.8) is 0 Å². The summed E-state index contributed by atoms with van der Waals surface area (Å²) in [7, 11) is 0. The van der Waals surface area contributed by atoms with Crippen molar-refractivity contribution in [1.82, 2.24) is 0 Å². The van der Waals surface area contributed by atoms with Crippen LogP contribution in [0.4, 0.5) is 17.1 Å². The Morgan fingerprint density at radius 2 is 0.961 bits per heavy atom. The summed E-state index contributed by atoms with van der Waals surface area (Å²) < 4.78 is 6.41. The van der Waals surface area contributed by atoms with Crippen LogP contribution in [0.15, 0.2) is 192 Å². The van der Waals surface area contributed by atoms with Crippen LogP contribution in [0.1, 0.15) is 22.3 Å². The second kappa shape index (κ2) is 10.7. The van der Waals surface area contributed by atoms with E-state index in [0.29, 0.717) is 0 Å². The fourth-order valence-electron chi connectivity index (χ4n) is 9.02. The molecule has 0 saturated heterocycles. The SMILES string of the molecule is c1ccc(-c2ccc3c(c2)C2(c4ccccc4-3)c3ccccc3-c3ccc(N(c4ccccc4)c4cccc5oc6ccccc6c45)cc32)cc1. The van der Waals surface area contributed by atoms with Gasteiger partial charge in [-0.25, -0.2) is 0 Å². The Balaban J connectivity index is 1.22. The minimum absolute atomic E-state index is 0.477. The van der Waals surface area contributed by atoms with Gasteiger partial charge in [-0.3, -0.25) is 0 Å². The van der Waals surface area contributed by atoms with Gasteiger partial charge in [0.1, 0.15) is 11.2 Å². The molecule has 0 saturated carbocycles. The van der Waals surface area contributed by atoms with Crippen molar-refractivity contribution in [2.75, 3.05) is 4.90 Å². The zero-order valence-corrected chi connectivity index (χ0v) is 27.8. The molecule has 1 spiro atoms. The largest absolute Gasteiger partial charge is 0.456 e. The van der Waals surface area contributed by atoms with E-state index in [0.717, 1.165) is 39.0 Å². The molecule has 0 bridgehead atoms. The van der Waals surface area contributed by atoms with Crippen LogP contribution in [-0.2, 0) is 5.41 Å². The van der Waals surface area contributed by atoms with Crippen molar-refractivity contribution >= 4 is 39.0 Å². The third-order valence-corrected chi connectivity index (χ3v) is 11.1. The molecular weight excluding hydrogens is 619 g/mol. The lowest BCUT2D eigenvalue weighted by Crippen LogP contribution is -2.26. The maximum atomic E-state index is 6.41. The average Bonchev–Trinajstić information content (AvgIpc) is 3.83. The molecule has 0 fully saturated rings. The monoisotopic (exact) mass is 649 g/mol. The number of fused-ring (bicyclic) bond motifs is 13. The van der Waals surface area contributed by atoms with E-state index in [1.807, 2.05) is 6.07 Å². The minimum Gasteiger partial charge on any atom is -0.456 e. The lowest BCUT2D eigenvalue weighted by Gasteiger charge is -2.32. The molecular formula is C49H31NO. The molecule has 8 aromatic carbocycles. The summed E-state index contributed by atoms with van der Waals surface area (Å²) in [6.45, 7) is 0. The van der Waals surface area contributed by atoms with Crippen molar-refractivity contribution < 1.29 is 4.42 Å². The number of hydrogen-bond donors (Lipinski definition) is 0. The van der Waals surface area contributed by atoms with Gasteiger partial charge in [0.2, 0.25) is 0 Å². The van der Waals surface area contributed by atoms with E-state index in [9.17, 15) is 0 Å². The zero-order chi connectivity index (χ0) is 33.5. The van der Waals surface area contributed by atoms with Crippen LogP contribution in [0, 0.1) is 0 Å². The topological polar surface area (TPSA) is 16.4 Å². The van der Waals surface area contributed by atoms with E-state index in [2.05, 4.69) is 187 Å². The highest BCUT2D eigenvalue weighted by atomic mass is 16.3. The highest BCUT2D eigenvalue weighted by Crippen LogP contribution is 2.63. The summed E-state index contributed by atoms with van der Waals surface area (Å²) in [5.41, 5.74) is 17.5. The summed E-state index contributed by atoms with van der Waals surface area (Å²) in [5, 5.41) is 2.22. The first kappa shape index (κ1) is 28.2. The van der Waals surface area contributed by atoms with Gasteiger partial charge in [0.15, 0.2) is 0 Å². The number of anilines is 3. The third-order valence-electron chi connectivity index (χ3n) is 11.1. The van der Waals surface area contributed by atoms with Gasteiger partial charge in [0, 0.05) is 16.8 Å². The van der Waals surface area contributed by atoms with Crippen molar-refractivity contribution in [2.45, 2.75) is 5.41 Å². The van der Waals surface area contributed by atoms with Crippen molar-refractivity contribution in [2.24, 2.45) is 0 Å². The molecule has 0 radical (unpaired) electrons. The number of rotatable bonds is 4. The zero-order valence-electron chi connectivity index (χ0n) is 27.8. The number of para-hydroxylation sites is 2. The molecule has 1 unspecified atom stereocenters. The minimum atomic E-state index is -0.477. The molecule has 2 aliphatic rings. The number of hydrogen-bond acceptors (Lipinski definition) is 2. The molecule has 238 valence electrons.